The van der Waals surface area contributed by atoms with Crippen LogP contribution in [0.25, 0.3) is 0 Å². The zero-order chi connectivity index (χ0) is 15.6. The zero-order valence-electron chi connectivity index (χ0n) is 12.6. The Morgan fingerprint density at radius 2 is 1.95 bits per heavy atom. The second kappa shape index (κ2) is 6.24. The second-order valence-corrected chi connectivity index (χ2v) is 9.07. The average Bonchev–Trinajstić information content (AvgIpc) is 2.74. The summed E-state index contributed by atoms with van der Waals surface area (Å²) in [4.78, 5) is 12.8. The molecular formula is C13H22N2O3S2. The van der Waals surface area contributed by atoms with E-state index in [0.717, 1.165) is 15.6 Å². The molecule has 0 unspecified atom stereocenters. The van der Waals surface area contributed by atoms with Crippen LogP contribution in [0.2, 0.25) is 0 Å². The molecule has 1 rings (SSSR count). The molecule has 1 N–H and O–H groups in total. The number of nitrogens with one attached hydrogen (secondary N) is 1. The molecule has 0 aliphatic rings. The number of hydrogen-bond donors (Lipinski definition) is 1. The number of likely N-dealkylation sites (N-methyl/N-ethyl adjacent to an activating group) is 1. The molecule has 5 nitrogen and oxygen atoms in total. The van der Waals surface area contributed by atoms with Crippen molar-refractivity contribution >= 4 is 27.3 Å². The maximum atomic E-state index is 12.3. The van der Waals surface area contributed by atoms with Gasteiger partial charge < -0.3 is 5.32 Å². The van der Waals surface area contributed by atoms with Crippen LogP contribution < -0.4 is 5.32 Å². The van der Waals surface area contributed by atoms with E-state index in [2.05, 4.69) is 5.32 Å². The number of thiophene rings is 1. The lowest BCUT2D eigenvalue weighted by molar-refractivity contribution is -0.122. The smallest absolute Gasteiger partial charge is 0.252 e. The quantitative estimate of drug-likeness (QED) is 0.901. The van der Waals surface area contributed by atoms with E-state index in [1.54, 1.807) is 12.1 Å². The summed E-state index contributed by atoms with van der Waals surface area (Å²) in [6.45, 7) is 7.35. The molecule has 0 bridgehead atoms. The van der Waals surface area contributed by atoms with Crippen molar-refractivity contribution in [2.75, 3.05) is 13.6 Å². The predicted molar refractivity (Wildman–Crippen MR) is 81.4 cm³/mol. The maximum absolute atomic E-state index is 12.3. The minimum atomic E-state index is -3.59. The van der Waals surface area contributed by atoms with Crippen LogP contribution >= 0.6 is 11.3 Å². The molecule has 0 aromatic carbocycles. The number of aryl methyl sites for hydroxylation is 1. The molecular weight excluding hydrogens is 296 g/mol. The van der Waals surface area contributed by atoms with Gasteiger partial charge in [-0.05, 0) is 39.3 Å². The molecule has 0 aliphatic heterocycles. The van der Waals surface area contributed by atoms with Crippen LogP contribution in [0.1, 0.15) is 32.6 Å². The van der Waals surface area contributed by atoms with Gasteiger partial charge in [0.25, 0.3) is 10.0 Å². The van der Waals surface area contributed by atoms with Crippen molar-refractivity contribution in [1.82, 2.24) is 9.62 Å². The first-order valence-electron chi connectivity index (χ1n) is 6.42. The standard InChI is InChI=1S/C13H22N2O3S2/c1-6-10-7-8-12(19-10)20(17,18)15(5)9-11(16)14-13(2,3)4/h7-8H,6,9H2,1-5H3,(H,14,16). The number of nitrogens with zero attached hydrogens (tertiary/aromatic N) is 1. The summed E-state index contributed by atoms with van der Waals surface area (Å²) in [6.07, 6.45) is 0.800. The summed E-state index contributed by atoms with van der Waals surface area (Å²) in [6, 6.07) is 3.40. The Kier molecular flexibility index (Phi) is 5.34. The number of carbonyl (C=O) groups is 1. The fourth-order valence-corrected chi connectivity index (χ4v) is 4.22. The van der Waals surface area contributed by atoms with Crippen LogP contribution in [0.4, 0.5) is 0 Å². The minimum Gasteiger partial charge on any atom is -0.350 e. The Bertz CT molecular complexity index is 571. The first-order valence-corrected chi connectivity index (χ1v) is 8.68. The number of sulfonamides is 1. The number of amides is 1. The van der Waals surface area contributed by atoms with E-state index in [-0.39, 0.29) is 22.2 Å². The summed E-state index contributed by atoms with van der Waals surface area (Å²) in [5, 5.41) is 2.75. The van der Waals surface area contributed by atoms with Crippen LogP contribution in [0.15, 0.2) is 16.3 Å². The van der Waals surface area contributed by atoms with Crippen molar-refractivity contribution in [2.24, 2.45) is 0 Å². The summed E-state index contributed by atoms with van der Waals surface area (Å²) in [5.74, 6) is -0.309. The molecule has 0 aliphatic carbocycles. The molecule has 1 aromatic rings. The lowest BCUT2D eigenvalue weighted by Gasteiger charge is -2.22. The van der Waals surface area contributed by atoms with Crippen LogP contribution in [0, 0.1) is 0 Å². The van der Waals surface area contributed by atoms with E-state index in [1.165, 1.54) is 18.4 Å². The third kappa shape index (κ3) is 4.57. The highest BCUT2D eigenvalue weighted by atomic mass is 32.2. The van der Waals surface area contributed by atoms with E-state index < -0.39 is 10.0 Å². The maximum Gasteiger partial charge on any atom is 0.252 e. The highest BCUT2D eigenvalue weighted by molar-refractivity contribution is 7.91. The first kappa shape index (κ1) is 17.1. The molecule has 1 amide bonds. The number of carbonyl (C=O) groups excluding carboxylic acids is 1. The topological polar surface area (TPSA) is 66.5 Å². The van der Waals surface area contributed by atoms with Gasteiger partial charge in [0, 0.05) is 17.5 Å². The van der Waals surface area contributed by atoms with Crippen LogP contribution in [0.3, 0.4) is 0 Å². The lowest BCUT2D eigenvalue weighted by Crippen LogP contribution is -2.46. The average molecular weight is 318 g/mol. The molecule has 0 radical (unpaired) electrons. The number of hydrogen-bond acceptors (Lipinski definition) is 4. The van der Waals surface area contributed by atoms with Gasteiger partial charge in [-0.15, -0.1) is 11.3 Å². The Hall–Kier alpha value is -0.920. The molecule has 0 spiro atoms. The van der Waals surface area contributed by atoms with Crippen molar-refractivity contribution in [3.8, 4) is 0 Å². The molecule has 0 atom stereocenters. The Morgan fingerprint density at radius 3 is 2.40 bits per heavy atom. The van der Waals surface area contributed by atoms with Gasteiger partial charge in [-0.3, -0.25) is 4.79 Å². The Labute approximate surface area is 125 Å². The summed E-state index contributed by atoms with van der Waals surface area (Å²) in [7, 11) is -2.17. The molecule has 1 aromatic heterocycles. The predicted octanol–water partition coefficient (Wildman–Crippen LogP) is 1.85. The van der Waals surface area contributed by atoms with Crippen molar-refractivity contribution in [1.29, 1.82) is 0 Å². The summed E-state index contributed by atoms with van der Waals surface area (Å²) in [5.41, 5.74) is -0.375. The van der Waals surface area contributed by atoms with Gasteiger partial charge in [-0.2, -0.15) is 4.31 Å². The Morgan fingerprint density at radius 1 is 1.35 bits per heavy atom. The lowest BCUT2D eigenvalue weighted by atomic mass is 10.1. The molecule has 7 heteroatoms. The van der Waals surface area contributed by atoms with E-state index in [0.29, 0.717) is 0 Å². The van der Waals surface area contributed by atoms with Crippen molar-refractivity contribution in [3.63, 3.8) is 0 Å². The van der Waals surface area contributed by atoms with E-state index in [1.807, 2.05) is 27.7 Å². The van der Waals surface area contributed by atoms with Crippen molar-refractivity contribution < 1.29 is 13.2 Å². The fraction of sp³-hybridized carbons (Fsp3) is 0.615. The monoisotopic (exact) mass is 318 g/mol. The van der Waals surface area contributed by atoms with Gasteiger partial charge in [0.2, 0.25) is 5.91 Å². The van der Waals surface area contributed by atoms with E-state index in [9.17, 15) is 13.2 Å². The Balaban J connectivity index is 2.80. The molecule has 0 fully saturated rings. The molecule has 114 valence electrons. The third-order valence-corrected chi connectivity index (χ3v) is 6.03. The minimum absolute atomic E-state index is 0.182. The van der Waals surface area contributed by atoms with Gasteiger partial charge in [0.15, 0.2) is 0 Å². The van der Waals surface area contributed by atoms with Gasteiger partial charge in [0.1, 0.15) is 4.21 Å². The van der Waals surface area contributed by atoms with Gasteiger partial charge >= 0.3 is 0 Å². The van der Waals surface area contributed by atoms with Crippen molar-refractivity contribution in [2.45, 2.75) is 43.9 Å². The highest BCUT2D eigenvalue weighted by Crippen LogP contribution is 2.24. The van der Waals surface area contributed by atoms with Crippen molar-refractivity contribution in [3.05, 3.63) is 17.0 Å². The molecule has 0 saturated heterocycles. The third-order valence-electron chi connectivity index (χ3n) is 2.53. The van der Waals surface area contributed by atoms with Crippen LogP contribution in [-0.2, 0) is 21.2 Å². The summed E-state index contributed by atoms with van der Waals surface area (Å²) < 4.78 is 26.0. The van der Waals surface area contributed by atoms with E-state index in [4.69, 9.17) is 0 Å². The van der Waals surface area contributed by atoms with Gasteiger partial charge in [0.05, 0.1) is 6.54 Å². The van der Waals surface area contributed by atoms with Crippen LogP contribution in [-0.4, -0.2) is 37.8 Å². The zero-order valence-corrected chi connectivity index (χ0v) is 14.2. The second-order valence-electron chi connectivity index (χ2n) is 5.63. The van der Waals surface area contributed by atoms with E-state index >= 15 is 0 Å². The van der Waals surface area contributed by atoms with Gasteiger partial charge in [-0.1, -0.05) is 6.92 Å². The molecule has 20 heavy (non-hydrogen) atoms. The molecule has 1 heterocycles. The number of rotatable bonds is 5. The van der Waals surface area contributed by atoms with Gasteiger partial charge in [-0.25, -0.2) is 8.42 Å². The highest BCUT2D eigenvalue weighted by Gasteiger charge is 2.25. The fourth-order valence-electron chi connectivity index (χ4n) is 1.59. The largest absolute Gasteiger partial charge is 0.350 e. The molecule has 0 saturated carbocycles. The normalized spacial score (nSPS) is 12.7. The van der Waals surface area contributed by atoms with Crippen LogP contribution in [0.5, 0.6) is 0 Å². The SMILES string of the molecule is CCc1ccc(S(=O)(=O)N(C)CC(=O)NC(C)(C)C)s1. The first-order chi connectivity index (χ1) is 9.06. The summed E-state index contributed by atoms with van der Waals surface area (Å²) >= 11 is 1.25.